The summed E-state index contributed by atoms with van der Waals surface area (Å²) < 4.78 is 14.0. The van der Waals surface area contributed by atoms with Crippen LogP contribution in [0, 0.1) is 0 Å². The Morgan fingerprint density at radius 3 is 2.54 bits per heavy atom. The second kappa shape index (κ2) is 13.1. The maximum atomic E-state index is 13.3. The van der Waals surface area contributed by atoms with E-state index in [0.29, 0.717) is 17.2 Å². The number of aliphatic carboxylic acids is 1. The molecule has 10 nitrogen and oxygen atoms in total. The number of guanidine groups is 1. The molecule has 0 spiro atoms. The molecule has 2 aromatic rings. The number of nitrogens with zero attached hydrogens (tertiary/aromatic N) is 1. The lowest BCUT2D eigenvalue weighted by atomic mass is 9.84. The van der Waals surface area contributed by atoms with Gasteiger partial charge in [0.05, 0.1) is 32.1 Å². The minimum Gasteiger partial charge on any atom is -0.508 e. The van der Waals surface area contributed by atoms with Crippen molar-refractivity contribution in [2.24, 2.45) is 4.99 Å². The highest BCUT2D eigenvalue weighted by Gasteiger charge is 2.23. The molecular formula is C27H33FIN5O5. The van der Waals surface area contributed by atoms with Gasteiger partial charge in [-0.25, -0.2) is 9.38 Å². The number of amides is 2. The fraction of sp³-hybridized carbons (Fsp3) is 0.407. The van der Waals surface area contributed by atoms with Gasteiger partial charge in [-0.15, -0.1) is 0 Å². The maximum absolute atomic E-state index is 13.3. The Labute approximate surface area is 240 Å². The summed E-state index contributed by atoms with van der Waals surface area (Å²) >= 11 is 2.24. The molecule has 0 bridgehead atoms. The summed E-state index contributed by atoms with van der Waals surface area (Å²) in [5.41, 5.74) is 2.97. The van der Waals surface area contributed by atoms with E-state index in [2.05, 4.69) is 75.7 Å². The number of anilines is 1. The van der Waals surface area contributed by atoms with Gasteiger partial charge in [0.2, 0.25) is 5.91 Å². The predicted octanol–water partition coefficient (Wildman–Crippen LogP) is 3.40. The number of hydrogen-bond acceptors (Lipinski definition) is 7. The number of aromatic hydroxyl groups is 1. The van der Waals surface area contributed by atoms with Gasteiger partial charge in [0.1, 0.15) is 11.9 Å². The fourth-order valence-electron chi connectivity index (χ4n) is 3.92. The molecule has 39 heavy (non-hydrogen) atoms. The van der Waals surface area contributed by atoms with Gasteiger partial charge in [-0.1, -0.05) is 61.6 Å². The number of aliphatic imine (C=N–C) groups is 1. The van der Waals surface area contributed by atoms with Gasteiger partial charge in [-0.05, 0) is 34.2 Å². The number of carbonyl (C=O) groups is 3. The lowest BCUT2D eigenvalue weighted by molar-refractivity contribution is -0.137. The van der Waals surface area contributed by atoms with Gasteiger partial charge < -0.3 is 31.5 Å². The van der Waals surface area contributed by atoms with Gasteiger partial charge in [0.25, 0.3) is 5.91 Å². The van der Waals surface area contributed by atoms with Crippen molar-refractivity contribution >= 4 is 52.0 Å². The number of phenols is 1. The lowest BCUT2D eigenvalue weighted by Gasteiger charge is -2.24. The third-order valence-corrected chi connectivity index (χ3v) is 6.82. The van der Waals surface area contributed by atoms with Crippen LogP contribution in [0.1, 0.15) is 60.3 Å². The quantitative estimate of drug-likeness (QED) is 0.179. The lowest BCUT2D eigenvalue weighted by Crippen LogP contribution is -2.41. The third-order valence-electron chi connectivity index (χ3n) is 5.94. The van der Waals surface area contributed by atoms with Crippen molar-refractivity contribution in [1.82, 2.24) is 16.0 Å². The van der Waals surface area contributed by atoms with E-state index in [1.54, 1.807) is 0 Å². The van der Waals surface area contributed by atoms with Crippen LogP contribution in [0.25, 0.3) is 0 Å². The summed E-state index contributed by atoms with van der Waals surface area (Å²) in [5, 5.41) is 30.4. The number of carboxylic acids is 1. The van der Waals surface area contributed by atoms with E-state index < -0.39 is 36.5 Å². The Morgan fingerprint density at radius 1 is 1.18 bits per heavy atom. The standard InChI is InChI=1S/C27H33FIN5O5/c1-27(2,3)18-5-15(11-29)4-16(6-18)22(10-24(37)38)34-23(36)14-30-25(39)17-7-20(9-21(35)8-17)33-26-31-12-19(28)13-32-26/h4-9,19,22,35H,10-14H2,1-3H3,(H,30,39)(H,34,36)(H,37,38)(H2,31,32,33)/t22-/m0/s1. The maximum Gasteiger partial charge on any atom is 0.305 e. The van der Waals surface area contributed by atoms with Crippen LogP contribution in [-0.4, -0.2) is 59.8 Å². The van der Waals surface area contributed by atoms with Crippen molar-refractivity contribution in [1.29, 1.82) is 0 Å². The molecule has 1 aliphatic heterocycles. The van der Waals surface area contributed by atoms with Crippen molar-refractivity contribution in [3.8, 4) is 5.75 Å². The molecule has 1 unspecified atom stereocenters. The highest BCUT2D eigenvalue weighted by molar-refractivity contribution is 14.1. The van der Waals surface area contributed by atoms with Gasteiger partial charge in [-0.3, -0.25) is 14.4 Å². The van der Waals surface area contributed by atoms with E-state index in [0.717, 1.165) is 15.6 Å². The van der Waals surface area contributed by atoms with E-state index in [9.17, 15) is 29.0 Å². The van der Waals surface area contributed by atoms with Crippen LogP contribution in [0.4, 0.5) is 10.1 Å². The molecule has 2 amide bonds. The number of halogens is 2. The second-order valence-electron chi connectivity index (χ2n) is 10.3. The number of carboxylic acid groups (broad SMARTS) is 1. The first kappa shape index (κ1) is 30.1. The zero-order valence-corrected chi connectivity index (χ0v) is 24.1. The molecule has 0 fully saturated rings. The first-order chi connectivity index (χ1) is 18.3. The molecule has 0 saturated heterocycles. The average Bonchev–Trinajstić information content (AvgIpc) is 2.86. The Bertz CT molecular complexity index is 1260. The van der Waals surface area contributed by atoms with E-state index >= 15 is 0 Å². The van der Waals surface area contributed by atoms with Crippen molar-refractivity contribution < 1.29 is 29.0 Å². The number of nitrogens with one attached hydrogen (secondary N) is 4. The average molecular weight is 653 g/mol. The minimum atomic E-state index is -1.09. The van der Waals surface area contributed by atoms with Crippen molar-refractivity contribution in [3.63, 3.8) is 0 Å². The van der Waals surface area contributed by atoms with Crippen LogP contribution in [0.2, 0.25) is 0 Å². The normalized spacial score (nSPS) is 15.9. The SMILES string of the molecule is CC(C)(C)c1cc(CI)cc([C@H](CC(=O)O)NC(=O)CNC(=O)c2cc(O)cc(NC3=NCC(F)CN3)c2)c1. The van der Waals surface area contributed by atoms with Crippen LogP contribution in [0.3, 0.4) is 0 Å². The van der Waals surface area contributed by atoms with Crippen LogP contribution < -0.4 is 21.3 Å². The Balaban J connectivity index is 1.69. The molecule has 0 aromatic heterocycles. The van der Waals surface area contributed by atoms with E-state index in [1.165, 1.54) is 18.2 Å². The van der Waals surface area contributed by atoms with Crippen molar-refractivity contribution in [3.05, 3.63) is 58.7 Å². The zero-order valence-electron chi connectivity index (χ0n) is 22.0. The number of hydrogen-bond donors (Lipinski definition) is 6. The summed E-state index contributed by atoms with van der Waals surface area (Å²) in [4.78, 5) is 41.1. The molecule has 0 aliphatic carbocycles. The Morgan fingerprint density at radius 2 is 1.92 bits per heavy atom. The van der Waals surface area contributed by atoms with E-state index in [-0.39, 0.29) is 36.2 Å². The van der Waals surface area contributed by atoms with Crippen LogP contribution in [0.5, 0.6) is 5.75 Å². The van der Waals surface area contributed by atoms with Gasteiger partial charge in [-0.2, -0.15) is 0 Å². The summed E-state index contributed by atoms with van der Waals surface area (Å²) in [7, 11) is 0. The second-order valence-corrected chi connectivity index (χ2v) is 11.1. The van der Waals surface area contributed by atoms with Crippen LogP contribution in [0.15, 0.2) is 41.4 Å². The number of phenolic OH excluding ortho intramolecular Hbond substituents is 1. The van der Waals surface area contributed by atoms with Crippen molar-refractivity contribution in [2.75, 3.05) is 25.0 Å². The zero-order chi connectivity index (χ0) is 28.7. The number of rotatable bonds is 9. The summed E-state index contributed by atoms with van der Waals surface area (Å²) in [6.07, 6.45) is -1.41. The molecule has 210 valence electrons. The molecule has 1 aliphatic rings. The first-order valence-electron chi connectivity index (χ1n) is 12.4. The molecule has 1 heterocycles. The molecule has 3 rings (SSSR count). The van der Waals surface area contributed by atoms with Crippen LogP contribution >= 0.6 is 22.6 Å². The number of benzene rings is 2. The predicted molar refractivity (Wildman–Crippen MR) is 155 cm³/mol. The topological polar surface area (TPSA) is 152 Å². The van der Waals surface area contributed by atoms with Crippen molar-refractivity contribution in [2.45, 2.75) is 49.2 Å². The highest BCUT2D eigenvalue weighted by Crippen LogP contribution is 2.29. The van der Waals surface area contributed by atoms with E-state index in [1.807, 2.05) is 12.1 Å². The summed E-state index contributed by atoms with van der Waals surface area (Å²) in [5.74, 6) is -2.14. The summed E-state index contributed by atoms with van der Waals surface area (Å²) in [6.45, 7) is 5.87. The molecular weight excluding hydrogens is 620 g/mol. The third kappa shape index (κ3) is 9.08. The Hall–Kier alpha value is -3.42. The fourth-order valence-corrected chi connectivity index (χ4v) is 4.36. The largest absolute Gasteiger partial charge is 0.508 e. The molecule has 6 N–H and O–H groups in total. The highest BCUT2D eigenvalue weighted by atomic mass is 127. The smallest absolute Gasteiger partial charge is 0.305 e. The molecule has 0 radical (unpaired) electrons. The van der Waals surface area contributed by atoms with Gasteiger partial charge in [0.15, 0.2) is 5.96 Å². The first-order valence-corrected chi connectivity index (χ1v) is 13.9. The summed E-state index contributed by atoms with van der Waals surface area (Å²) in [6, 6.07) is 9.14. The molecule has 2 atom stereocenters. The van der Waals surface area contributed by atoms with E-state index in [4.69, 9.17) is 0 Å². The van der Waals surface area contributed by atoms with Crippen LogP contribution in [-0.2, 0) is 19.4 Å². The molecule has 0 saturated carbocycles. The number of alkyl halides is 2. The number of carbonyl (C=O) groups excluding carboxylic acids is 2. The monoisotopic (exact) mass is 653 g/mol. The minimum absolute atomic E-state index is 0.000636. The van der Waals surface area contributed by atoms with Gasteiger partial charge in [0, 0.05) is 21.7 Å². The molecule has 12 heteroatoms. The molecule has 2 aromatic carbocycles. The van der Waals surface area contributed by atoms with Gasteiger partial charge >= 0.3 is 5.97 Å². The Kier molecular flexibility index (Phi) is 10.1.